The van der Waals surface area contributed by atoms with Gasteiger partial charge in [-0.1, -0.05) is 23.7 Å². The minimum absolute atomic E-state index is 0.0792. The second-order valence-electron chi connectivity index (χ2n) is 5.13. The van der Waals surface area contributed by atoms with Gasteiger partial charge in [-0.3, -0.25) is 0 Å². The normalized spacial score (nSPS) is 11.6. The fourth-order valence-electron chi connectivity index (χ4n) is 2.30. The van der Waals surface area contributed by atoms with E-state index in [0.29, 0.717) is 5.02 Å². The first kappa shape index (κ1) is 15.7. The predicted molar refractivity (Wildman–Crippen MR) is 90.1 cm³/mol. The summed E-state index contributed by atoms with van der Waals surface area (Å²) in [5.41, 5.74) is 3.41. The molecule has 0 aliphatic carbocycles. The lowest BCUT2D eigenvalue weighted by molar-refractivity contribution is 0.598. The summed E-state index contributed by atoms with van der Waals surface area (Å²) in [6.07, 6.45) is 0. The van der Waals surface area contributed by atoms with Crippen molar-refractivity contribution in [3.63, 3.8) is 0 Å². The summed E-state index contributed by atoms with van der Waals surface area (Å²) in [5.74, 6) is 0. The summed E-state index contributed by atoms with van der Waals surface area (Å²) in [5, 5.41) is 10.3. The molecule has 0 fully saturated rings. The third-order valence-electron chi connectivity index (χ3n) is 3.38. The maximum absolute atomic E-state index is 11.4. The number of rotatable bonds is 3. The van der Waals surface area contributed by atoms with Gasteiger partial charge in [0.25, 0.3) is 0 Å². The van der Waals surface area contributed by atoms with Crippen LogP contribution < -0.4 is 5.14 Å². The molecule has 7 heteroatoms. The van der Waals surface area contributed by atoms with Crippen LogP contribution in [0, 0.1) is 6.92 Å². The van der Waals surface area contributed by atoms with Crippen LogP contribution in [0.2, 0.25) is 5.02 Å². The Bertz CT molecular complexity index is 946. The smallest absolute Gasteiger partial charge is 0.233 e. The topological polar surface area (TPSA) is 78.0 Å². The number of nitrogens with two attached hydrogens (primary N) is 1. The third kappa shape index (κ3) is 3.29. The van der Waals surface area contributed by atoms with Crippen LogP contribution in [0.5, 0.6) is 0 Å². The molecule has 0 saturated heterocycles. The van der Waals surface area contributed by atoms with E-state index in [9.17, 15) is 8.42 Å². The van der Waals surface area contributed by atoms with Crippen LogP contribution in [0.3, 0.4) is 0 Å². The maximum Gasteiger partial charge on any atom is 0.238 e. The SMILES string of the molecule is Cc1cc(-c2ccc(S(N)(=O)=O)cc2)n(-c2ccc(Cl)cc2)n1. The molecule has 1 heterocycles. The van der Waals surface area contributed by atoms with Crippen LogP contribution in [0.1, 0.15) is 5.69 Å². The highest BCUT2D eigenvalue weighted by molar-refractivity contribution is 7.89. The van der Waals surface area contributed by atoms with E-state index in [4.69, 9.17) is 16.7 Å². The molecule has 5 nitrogen and oxygen atoms in total. The number of hydrogen-bond acceptors (Lipinski definition) is 3. The number of primary sulfonamides is 1. The van der Waals surface area contributed by atoms with E-state index in [1.165, 1.54) is 12.1 Å². The highest BCUT2D eigenvalue weighted by Gasteiger charge is 2.12. The molecule has 0 aliphatic rings. The molecule has 0 aliphatic heterocycles. The van der Waals surface area contributed by atoms with Crippen molar-refractivity contribution in [3.8, 4) is 16.9 Å². The van der Waals surface area contributed by atoms with E-state index >= 15 is 0 Å². The Hall–Kier alpha value is -2.15. The van der Waals surface area contributed by atoms with Crippen molar-refractivity contribution < 1.29 is 8.42 Å². The fourth-order valence-corrected chi connectivity index (χ4v) is 2.94. The molecule has 0 unspecified atom stereocenters. The largest absolute Gasteiger partial charge is 0.238 e. The predicted octanol–water partition coefficient (Wildman–Crippen LogP) is 3.15. The van der Waals surface area contributed by atoms with Gasteiger partial charge in [0.1, 0.15) is 0 Å². The zero-order valence-electron chi connectivity index (χ0n) is 12.3. The highest BCUT2D eigenvalue weighted by atomic mass is 35.5. The van der Waals surface area contributed by atoms with Crippen molar-refractivity contribution in [1.29, 1.82) is 0 Å². The second-order valence-corrected chi connectivity index (χ2v) is 7.13. The first-order valence-corrected chi connectivity index (χ1v) is 8.73. The number of aromatic nitrogens is 2. The molecule has 1 aromatic heterocycles. The summed E-state index contributed by atoms with van der Waals surface area (Å²) in [6.45, 7) is 1.90. The molecular formula is C16H14ClN3O2S. The summed E-state index contributed by atoms with van der Waals surface area (Å²) >= 11 is 5.92. The number of benzene rings is 2. The first-order valence-electron chi connectivity index (χ1n) is 6.80. The Morgan fingerprint density at radius 3 is 2.22 bits per heavy atom. The third-order valence-corrected chi connectivity index (χ3v) is 4.56. The zero-order chi connectivity index (χ0) is 16.6. The number of sulfonamides is 1. The van der Waals surface area contributed by atoms with E-state index in [-0.39, 0.29) is 4.90 Å². The summed E-state index contributed by atoms with van der Waals surface area (Å²) in [7, 11) is -3.70. The van der Waals surface area contributed by atoms with E-state index in [0.717, 1.165) is 22.6 Å². The van der Waals surface area contributed by atoms with Gasteiger partial charge < -0.3 is 0 Å². The molecular weight excluding hydrogens is 334 g/mol. The monoisotopic (exact) mass is 347 g/mol. The first-order chi connectivity index (χ1) is 10.8. The van der Waals surface area contributed by atoms with Crippen molar-refractivity contribution >= 4 is 21.6 Å². The molecule has 118 valence electrons. The molecule has 0 spiro atoms. The lowest BCUT2D eigenvalue weighted by atomic mass is 10.1. The number of aryl methyl sites for hydroxylation is 1. The fraction of sp³-hybridized carbons (Fsp3) is 0.0625. The summed E-state index contributed by atoms with van der Waals surface area (Å²) < 4.78 is 24.5. The Labute approximate surface area is 139 Å². The lowest BCUT2D eigenvalue weighted by Gasteiger charge is -2.08. The average molecular weight is 348 g/mol. The molecule has 0 radical (unpaired) electrons. The van der Waals surface area contributed by atoms with Crippen molar-refractivity contribution in [1.82, 2.24) is 9.78 Å². The quantitative estimate of drug-likeness (QED) is 0.790. The molecule has 23 heavy (non-hydrogen) atoms. The minimum atomic E-state index is -3.70. The van der Waals surface area contributed by atoms with Gasteiger partial charge in [-0.25, -0.2) is 18.2 Å². The van der Waals surface area contributed by atoms with Gasteiger partial charge in [-0.05, 0) is 49.4 Å². The average Bonchev–Trinajstić information content (AvgIpc) is 2.89. The minimum Gasteiger partial charge on any atom is -0.233 e. The van der Waals surface area contributed by atoms with Gasteiger partial charge in [-0.2, -0.15) is 5.10 Å². The molecule has 2 aromatic carbocycles. The van der Waals surface area contributed by atoms with Gasteiger partial charge in [-0.15, -0.1) is 0 Å². The van der Waals surface area contributed by atoms with Crippen LogP contribution in [-0.4, -0.2) is 18.2 Å². The maximum atomic E-state index is 11.4. The van der Waals surface area contributed by atoms with Gasteiger partial charge in [0.15, 0.2) is 0 Å². The van der Waals surface area contributed by atoms with Crippen LogP contribution in [0.4, 0.5) is 0 Å². The van der Waals surface area contributed by atoms with Crippen LogP contribution in [0.25, 0.3) is 16.9 Å². The molecule has 0 amide bonds. The van der Waals surface area contributed by atoms with Gasteiger partial charge in [0.05, 0.1) is 22.0 Å². The number of halogens is 1. The van der Waals surface area contributed by atoms with Gasteiger partial charge in [0, 0.05) is 10.6 Å². The molecule has 3 rings (SSSR count). The summed E-state index contributed by atoms with van der Waals surface area (Å²) in [6, 6.07) is 15.7. The van der Waals surface area contributed by atoms with E-state index in [2.05, 4.69) is 5.10 Å². The van der Waals surface area contributed by atoms with Crippen LogP contribution in [0.15, 0.2) is 59.5 Å². The number of hydrogen-bond donors (Lipinski definition) is 1. The zero-order valence-corrected chi connectivity index (χ0v) is 13.8. The summed E-state index contributed by atoms with van der Waals surface area (Å²) in [4.78, 5) is 0.0792. The van der Waals surface area contributed by atoms with Crippen molar-refractivity contribution in [2.45, 2.75) is 11.8 Å². The van der Waals surface area contributed by atoms with Crippen LogP contribution in [-0.2, 0) is 10.0 Å². The number of nitrogens with zero attached hydrogens (tertiary/aromatic N) is 2. The lowest BCUT2D eigenvalue weighted by Crippen LogP contribution is -2.11. The Balaban J connectivity index is 2.09. The van der Waals surface area contributed by atoms with Gasteiger partial charge in [0.2, 0.25) is 10.0 Å². The van der Waals surface area contributed by atoms with Crippen molar-refractivity contribution in [2.24, 2.45) is 5.14 Å². The highest BCUT2D eigenvalue weighted by Crippen LogP contribution is 2.25. The van der Waals surface area contributed by atoms with Crippen LogP contribution >= 0.6 is 11.6 Å². The Kier molecular flexibility index (Phi) is 3.97. The standard InChI is InChI=1S/C16H14ClN3O2S/c1-11-10-16(12-2-8-15(9-3-12)23(18,21)22)20(19-11)14-6-4-13(17)5-7-14/h2-10H,1H3,(H2,18,21,22). The van der Waals surface area contributed by atoms with E-state index in [1.54, 1.807) is 28.9 Å². The Morgan fingerprint density at radius 2 is 1.65 bits per heavy atom. The second kappa shape index (κ2) is 5.81. The Morgan fingerprint density at radius 1 is 1.04 bits per heavy atom. The molecule has 0 bridgehead atoms. The molecule has 2 N–H and O–H groups in total. The van der Waals surface area contributed by atoms with Gasteiger partial charge >= 0.3 is 0 Å². The van der Waals surface area contributed by atoms with E-state index < -0.39 is 10.0 Å². The van der Waals surface area contributed by atoms with E-state index in [1.807, 2.05) is 25.1 Å². The molecule has 0 saturated carbocycles. The molecule has 3 aromatic rings. The van der Waals surface area contributed by atoms with Crippen molar-refractivity contribution in [3.05, 3.63) is 65.3 Å². The molecule has 0 atom stereocenters. The van der Waals surface area contributed by atoms with Crippen molar-refractivity contribution in [2.75, 3.05) is 0 Å².